The van der Waals surface area contributed by atoms with Gasteiger partial charge >= 0.3 is 6.03 Å². The number of amides is 2. The first kappa shape index (κ1) is 20.5. The minimum Gasteiger partial charge on any atom is -0.325 e. The van der Waals surface area contributed by atoms with Crippen molar-refractivity contribution in [3.8, 4) is 0 Å². The Balaban J connectivity index is 2.14. The maximum absolute atomic E-state index is 12.7. The second-order valence-corrected chi connectivity index (χ2v) is 9.59. The highest BCUT2D eigenvalue weighted by atomic mass is 16.2. The maximum Gasteiger partial charge on any atom is 0.319 e. The second-order valence-electron chi connectivity index (χ2n) is 9.59. The molecule has 2 aliphatic rings. The molecule has 0 aromatic heterocycles. The molecule has 0 unspecified atom stereocenters. The van der Waals surface area contributed by atoms with E-state index in [0.717, 1.165) is 45.6 Å². The fourth-order valence-corrected chi connectivity index (χ4v) is 4.48. The molecule has 0 aromatic carbocycles. The number of hydrogen-bond acceptors (Lipinski definition) is 3. The number of carbonyl (C=O) groups excluding carboxylic acids is 1. The Labute approximate surface area is 155 Å². The van der Waals surface area contributed by atoms with Gasteiger partial charge in [-0.15, -0.1) is 0 Å². The fourth-order valence-electron chi connectivity index (χ4n) is 4.48. The lowest BCUT2D eigenvalue weighted by molar-refractivity contribution is -0.0896. The number of carbonyl (C=O) groups is 1. The predicted octanol–water partition coefficient (Wildman–Crippen LogP) is 3.11. The molecular weight excluding hydrogens is 312 g/mol. The lowest BCUT2D eigenvalue weighted by Crippen LogP contribution is -2.70. The van der Waals surface area contributed by atoms with Crippen LogP contribution in [0.4, 0.5) is 4.79 Å². The van der Waals surface area contributed by atoms with Gasteiger partial charge in [-0.25, -0.2) is 4.79 Å². The van der Waals surface area contributed by atoms with E-state index in [1.165, 1.54) is 0 Å². The van der Waals surface area contributed by atoms with E-state index in [0.29, 0.717) is 6.04 Å². The molecule has 2 heterocycles. The quantitative estimate of drug-likeness (QED) is 0.765. The molecular formula is C20H40N4O. The summed E-state index contributed by atoms with van der Waals surface area (Å²) < 4.78 is 0. The molecule has 0 radical (unpaired) electrons. The van der Waals surface area contributed by atoms with Crippen molar-refractivity contribution in [1.29, 1.82) is 0 Å². The van der Waals surface area contributed by atoms with Gasteiger partial charge in [0.05, 0.1) is 0 Å². The predicted molar refractivity (Wildman–Crippen MR) is 105 cm³/mol. The van der Waals surface area contributed by atoms with E-state index in [1.807, 2.05) is 11.9 Å². The van der Waals surface area contributed by atoms with Gasteiger partial charge in [0.1, 0.15) is 0 Å². The van der Waals surface area contributed by atoms with Crippen LogP contribution in [0.5, 0.6) is 0 Å². The number of piperidine rings is 1. The highest BCUT2D eigenvalue weighted by Crippen LogP contribution is 2.38. The van der Waals surface area contributed by atoms with E-state index in [1.54, 1.807) is 0 Å². The lowest BCUT2D eigenvalue weighted by atomic mass is 9.80. The van der Waals surface area contributed by atoms with Crippen LogP contribution in [0, 0.1) is 0 Å². The van der Waals surface area contributed by atoms with Gasteiger partial charge < -0.3 is 9.80 Å². The molecule has 2 rings (SSSR count). The average molecular weight is 353 g/mol. The molecule has 0 aliphatic carbocycles. The normalized spacial score (nSPS) is 22.9. The smallest absolute Gasteiger partial charge is 0.319 e. The molecule has 0 N–H and O–H groups in total. The van der Waals surface area contributed by atoms with Crippen molar-refractivity contribution in [2.75, 3.05) is 39.8 Å². The summed E-state index contributed by atoms with van der Waals surface area (Å²) in [5, 5.41) is 0. The van der Waals surface area contributed by atoms with Gasteiger partial charge in [0, 0.05) is 62.9 Å². The van der Waals surface area contributed by atoms with Crippen molar-refractivity contribution >= 4 is 6.03 Å². The third-order valence-corrected chi connectivity index (χ3v) is 6.26. The second kappa shape index (κ2) is 7.43. The van der Waals surface area contributed by atoms with E-state index >= 15 is 0 Å². The molecule has 0 bridgehead atoms. The molecule has 1 spiro atoms. The highest BCUT2D eigenvalue weighted by molar-refractivity contribution is 5.74. The molecule has 146 valence electrons. The molecule has 2 fully saturated rings. The van der Waals surface area contributed by atoms with E-state index in [-0.39, 0.29) is 23.2 Å². The zero-order valence-corrected chi connectivity index (χ0v) is 17.8. The summed E-state index contributed by atoms with van der Waals surface area (Å²) in [6.07, 6.45) is 2.15. The third-order valence-electron chi connectivity index (χ3n) is 6.26. The number of hydrogen-bond donors (Lipinski definition) is 0. The van der Waals surface area contributed by atoms with E-state index in [2.05, 4.69) is 63.2 Å². The molecule has 2 saturated heterocycles. The number of likely N-dealkylation sites (tertiary alicyclic amines) is 1. The summed E-state index contributed by atoms with van der Waals surface area (Å²) in [7, 11) is 1.92. The van der Waals surface area contributed by atoms with Gasteiger partial charge in [0.2, 0.25) is 0 Å². The van der Waals surface area contributed by atoms with Gasteiger partial charge in [-0.05, 0) is 61.3 Å². The largest absolute Gasteiger partial charge is 0.325 e. The first-order chi connectivity index (χ1) is 11.5. The molecule has 25 heavy (non-hydrogen) atoms. The molecule has 5 nitrogen and oxygen atoms in total. The van der Waals surface area contributed by atoms with Crippen LogP contribution in [-0.2, 0) is 0 Å². The third kappa shape index (κ3) is 4.30. The summed E-state index contributed by atoms with van der Waals surface area (Å²) >= 11 is 0. The van der Waals surface area contributed by atoms with Crippen LogP contribution in [0.25, 0.3) is 0 Å². The number of piperazine rings is 1. The Morgan fingerprint density at radius 3 is 2.00 bits per heavy atom. The Hall–Kier alpha value is -0.810. The van der Waals surface area contributed by atoms with Crippen molar-refractivity contribution in [2.24, 2.45) is 0 Å². The molecule has 0 saturated carbocycles. The number of rotatable bonds is 2. The summed E-state index contributed by atoms with van der Waals surface area (Å²) in [6, 6.07) is 1.02. The van der Waals surface area contributed by atoms with Crippen molar-refractivity contribution in [3.05, 3.63) is 0 Å². The van der Waals surface area contributed by atoms with E-state index in [4.69, 9.17) is 0 Å². The summed E-state index contributed by atoms with van der Waals surface area (Å²) in [5.74, 6) is 0. The van der Waals surface area contributed by atoms with Crippen LogP contribution < -0.4 is 0 Å². The van der Waals surface area contributed by atoms with Crippen molar-refractivity contribution in [3.63, 3.8) is 0 Å². The van der Waals surface area contributed by atoms with Crippen molar-refractivity contribution in [2.45, 2.75) is 84.5 Å². The van der Waals surface area contributed by atoms with E-state index < -0.39 is 0 Å². The minimum atomic E-state index is 0.171. The van der Waals surface area contributed by atoms with Gasteiger partial charge in [-0.1, -0.05) is 0 Å². The summed E-state index contributed by atoms with van der Waals surface area (Å²) in [6.45, 7) is 20.9. The standard InChI is InChI=1S/C20H40N4O/c1-16(2)21(8)18(25)22-11-9-20(10-12-22)15-23(17(3)4)13-14-24(20)19(5,6)7/h16-17H,9-15H2,1-8H3. The van der Waals surface area contributed by atoms with Crippen LogP contribution in [0.15, 0.2) is 0 Å². The lowest BCUT2D eigenvalue weighted by Gasteiger charge is -2.59. The van der Waals surface area contributed by atoms with Gasteiger partial charge in [0.25, 0.3) is 0 Å². The van der Waals surface area contributed by atoms with Crippen LogP contribution in [0.1, 0.15) is 61.3 Å². The van der Waals surface area contributed by atoms with Gasteiger partial charge in [0.15, 0.2) is 0 Å². The topological polar surface area (TPSA) is 30.0 Å². The van der Waals surface area contributed by atoms with E-state index in [9.17, 15) is 4.79 Å². The van der Waals surface area contributed by atoms with Crippen LogP contribution in [-0.4, -0.2) is 88.6 Å². The Morgan fingerprint density at radius 2 is 1.56 bits per heavy atom. The first-order valence-corrected chi connectivity index (χ1v) is 10.0. The molecule has 5 heteroatoms. The maximum atomic E-state index is 12.7. The van der Waals surface area contributed by atoms with Crippen LogP contribution in [0.3, 0.4) is 0 Å². The minimum absolute atomic E-state index is 0.171. The molecule has 2 amide bonds. The van der Waals surface area contributed by atoms with Crippen molar-refractivity contribution < 1.29 is 4.79 Å². The Bertz CT molecular complexity index is 461. The zero-order valence-electron chi connectivity index (χ0n) is 17.8. The van der Waals surface area contributed by atoms with Crippen molar-refractivity contribution in [1.82, 2.24) is 19.6 Å². The summed E-state index contributed by atoms with van der Waals surface area (Å²) in [5.41, 5.74) is 0.373. The highest BCUT2D eigenvalue weighted by Gasteiger charge is 2.48. The first-order valence-electron chi connectivity index (χ1n) is 10.0. The molecule has 0 atom stereocenters. The van der Waals surface area contributed by atoms with Gasteiger partial charge in [-0.2, -0.15) is 0 Å². The molecule has 0 aromatic rings. The SMILES string of the molecule is CC(C)N1CCN(C(C)(C)C)C2(CCN(C(=O)N(C)C(C)C)CC2)C1. The Kier molecular flexibility index (Phi) is 6.10. The number of urea groups is 1. The average Bonchev–Trinajstić information content (AvgIpc) is 2.52. The van der Waals surface area contributed by atoms with Crippen LogP contribution in [0.2, 0.25) is 0 Å². The molecule has 2 aliphatic heterocycles. The summed E-state index contributed by atoms with van der Waals surface area (Å²) in [4.78, 5) is 22.0. The van der Waals surface area contributed by atoms with Gasteiger partial charge in [-0.3, -0.25) is 9.80 Å². The zero-order chi connectivity index (χ0) is 19.0. The number of nitrogens with zero attached hydrogens (tertiary/aromatic N) is 4. The Morgan fingerprint density at radius 1 is 1.00 bits per heavy atom. The fraction of sp³-hybridized carbons (Fsp3) is 0.950. The van der Waals surface area contributed by atoms with Crippen LogP contribution >= 0.6 is 0 Å². The monoisotopic (exact) mass is 352 g/mol.